The third-order valence-electron chi connectivity index (χ3n) is 2.96. The maximum atomic E-state index is 5.63. The smallest absolute Gasteiger partial charge is 0.203 e. The molecule has 1 atom stereocenters. The number of hydrogen-bond acceptors (Lipinski definition) is 5. The standard InChI is InChI=1S/C13H15N3OS/c1-8(2)12-15-13(18-16-12)14-10-7-17-11-6-4-3-5-9(10)11/h3-6,8,10H,7H2,1-2H3,(H,14,15,16). The Balaban J connectivity index is 1.78. The molecule has 2 aromatic rings. The summed E-state index contributed by atoms with van der Waals surface area (Å²) in [6, 6.07) is 8.28. The Bertz CT molecular complexity index is 553. The molecule has 0 bridgehead atoms. The Morgan fingerprint density at radius 1 is 1.39 bits per heavy atom. The second-order valence-corrected chi connectivity index (χ2v) is 5.41. The van der Waals surface area contributed by atoms with Gasteiger partial charge < -0.3 is 10.1 Å². The molecule has 1 aromatic heterocycles. The highest BCUT2D eigenvalue weighted by molar-refractivity contribution is 7.09. The fourth-order valence-corrected chi connectivity index (χ4v) is 2.72. The molecule has 1 aromatic carbocycles. The van der Waals surface area contributed by atoms with Crippen molar-refractivity contribution in [3.05, 3.63) is 35.7 Å². The fraction of sp³-hybridized carbons (Fsp3) is 0.385. The first-order valence-corrected chi connectivity index (χ1v) is 6.83. The van der Waals surface area contributed by atoms with Crippen molar-refractivity contribution in [3.63, 3.8) is 0 Å². The first kappa shape index (κ1) is 11.5. The summed E-state index contributed by atoms with van der Waals surface area (Å²) in [5, 5.41) is 4.26. The highest BCUT2D eigenvalue weighted by atomic mass is 32.1. The maximum Gasteiger partial charge on any atom is 0.203 e. The van der Waals surface area contributed by atoms with Crippen LogP contribution in [0.25, 0.3) is 0 Å². The van der Waals surface area contributed by atoms with E-state index in [9.17, 15) is 0 Å². The quantitative estimate of drug-likeness (QED) is 0.921. The number of aromatic nitrogens is 2. The molecule has 0 amide bonds. The molecule has 18 heavy (non-hydrogen) atoms. The molecule has 0 saturated heterocycles. The number of hydrogen-bond donors (Lipinski definition) is 1. The van der Waals surface area contributed by atoms with Crippen LogP contribution in [-0.4, -0.2) is 16.0 Å². The van der Waals surface area contributed by atoms with Crippen molar-refractivity contribution in [2.24, 2.45) is 0 Å². The average molecular weight is 261 g/mol. The number of ether oxygens (including phenoxy) is 1. The molecule has 4 nitrogen and oxygen atoms in total. The molecule has 1 N–H and O–H groups in total. The molecule has 5 heteroatoms. The molecule has 1 unspecified atom stereocenters. The number of fused-ring (bicyclic) bond motifs is 1. The molecule has 0 spiro atoms. The third-order valence-corrected chi connectivity index (χ3v) is 3.62. The highest BCUT2D eigenvalue weighted by Gasteiger charge is 2.24. The van der Waals surface area contributed by atoms with Crippen molar-refractivity contribution < 1.29 is 4.74 Å². The van der Waals surface area contributed by atoms with Crippen LogP contribution in [0.4, 0.5) is 5.13 Å². The summed E-state index contributed by atoms with van der Waals surface area (Å²) >= 11 is 1.41. The van der Waals surface area contributed by atoms with Gasteiger partial charge in [-0.15, -0.1) is 0 Å². The lowest BCUT2D eigenvalue weighted by atomic mass is 10.1. The Labute approximate surface area is 110 Å². The van der Waals surface area contributed by atoms with Gasteiger partial charge in [0.25, 0.3) is 0 Å². The first-order valence-electron chi connectivity index (χ1n) is 6.06. The zero-order valence-corrected chi connectivity index (χ0v) is 11.2. The summed E-state index contributed by atoms with van der Waals surface area (Å²) in [6.07, 6.45) is 0. The summed E-state index contributed by atoms with van der Waals surface area (Å²) in [6.45, 7) is 4.84. The Kier molecular flexibility index (Phi) is 2.91. The van der Waals surface area contributed by atoms with Crippen LogP contribution in [0.5, 0.6) is 5.75 Å². The van der Waals surface area contributed by atoms with Crippen molar-refractivity contribution >= 4 is 16.7 Å². The minimum atomic E-state index is 0.175. The number of benzene rings is 1. The largest absolute Gasteiger partial charge is 0.491 e. The van der Waals surface area contributed by atoms with Crippen LogP contribution in [-0.2, 0) is 0 Å². The lowest BCUT2D eigenvalue weighted by molar-refractivity contribution is 0.340. The predicted octanol–water partition coefficient (Wildman–Crippen LogP) is 3.21. The lowest BCUT2D eigenvalue weighted by Gasteiger charge is -2.09. The van der Waals surface area contributed by atoms with E-state index in [-0.39, 0.29) is 6.04 Å². The van der Waals surface area contributed by atoms with Gasteiger partial charge in [-0.25, -0.2) is 4.98 Å². The van der Waals surface area contributed by atoms with Crippen LogP contribution >= 0.6 is 11.5 Å². The summed E-state index contributed by atoms with van der Waals surface area (Å²) in [7, 11) is 0. The van der Waals surface area contributed by atoms with E-state index < -0.39 is 0 Å². The van der Waals surface area contributed by atoms with Gasteiger partial charge in [0.05, 0.1) is 6.04 Å². The minimum absolute atomic E-state index is 0.175. The number of nitrogens with one attached hydrogen (secondary N) is 1. The third kappa shape index (κ3) is 2.06. The predicted molar refractivity (Wildman–Crippen MR) is 72.3 cm³/mol. The van der Waals surface area contributed by atoms with E-state index >= 15 is 0 Å². The molecular weight excluding hydrogens is 246 g/mol. The average Bonchev–Trinajstić information content (AvgIpc) is 2.98. The summed E-state index contributed by atoms with van der Waals surface area (Å²) in [4.78, 5) is 4.49. The van der Waals surface area contributed by atoms with Gasteiger partial charge in [-0.3, -0.25) is 0 Å². The van der Waals surface area contributed by atoms with Crippen LogP contribution in [0.3, 0.4) is 0 Å². The van der Waals surface area contributed by atoms with Crippen LogP contribution < -0.4 is 10.1 Å². The topological polar surface area (TPSA) is 47.0 Å². The Hall–Kier alpha value is -1.62. The molecule has 0 aliphatic carbocycles. The summed E-state index contributed by atoms with van der Waals surface area (Å²) in [5.41, 5.74) is 1.19. The number of anilines is 1. The van der Waals surface area contributed by atoms with E-state index in [1.54, 1.807) is 0 Å². The monoisotopic (exact) mass is 261 g/mol. The van der Waals surface area contributed by atoms with Crippen molar-refractivity contribution in [3.8, 4) is 5.75 Å². The van der Waals surface area contributed by atoms with Gasteiger partial charge in [0, 0.05) is 23.0 Å². The second kappa shape index (κ2) is 4.57. The van der Waals surface area contributed by atoms with Crippen molar-refractivity contribution in [2.45, 2.75) is 25.8 Å². The fourth-order valence-electron chi connectivity index (χ4n) is 1.96. The second-order valence-electron chi connectivity index (χ2n) is 4.66. The Morgan fingerprint density at radius 2 is 2.22 bits per heavy atom. The van der Waals surface area contributed by atoms with E-state index in [1.165, 1.54) is 17.1 Å². The lowest BCUT2D eigenvalue weighted by Crippen LogP contribution is -2.11. The van der Waals surface area contributed by atoms with Crippen LogP contribution in [0, 0.1) is 0 Å². The molecule has 0 fully saturated rings. The van der Waals surface area contributed by atoms with Crippen molar-refractivity contribution in [1.82, 2.24) is 9.36 Å². The van der Waals surface area contributed by atoms with Gasteiger partial charge in [-0.2, -0.15) is 4.37 Å². The highest BCUT2D eigenvalue weighted by Crippen LogP contribution is 2.34. The van der Waals surface area contributed by atoms with E-state index in [0.717, 1.165) is 16.7 Å². The summed E-state index contributed by atoms with van der Waals surface area (Å²) in [5.74, 6) is 2.22. The zero-order valence-electron chi connectivity index (χ0n) is 10.4. The molecule has 0 saturated carbocycles. The SMILES string of the molecule is CC(C)c1nsc(NC2COc3ccccc32)n1. The number of nitrogens with zero attached hydrogens (tertiary/aromatic N) is 2. The van der Waals surface area contributed by atoms with Gasteiger partial charge in [0.15, 0.2) is 0 Å². The number of rotatable bonds is 3. The van der Waals surface area contributed by atoms with E-state index in [2.05, 4.69) is 34.6 Å². The van der Waals surface area contributed by atoms with Crippen molar-refractivity contribution in [1.29, 1.82) is 0 Å². The van der Waals surface area contributed by atoms with Gasteiger partial charge >= 0.3 is 0 Å². The first-order chi connectivity index (χ1) is 8.74. The van der Waals surface area contributed by atoms with Gasteiger partial charge in [0.2, 0.25) is 5.13 Å². The molecule has 1 aliphatic heterocycles. The molecular formula is C13H15N3OS. The Morgan fingerprint density at radius 3 is 3.00 bits per heavy atom. The number of para-hydroxylation sites is 1. The van der Waals surface area contributed by atoms with Crippen LogP contribution in [0.2, 0.25) is 0 Å². The van der Waals surface area contributed by atoms with E-state index in [0.29, 0.717) is 12.5 Å². The van der Waals surface area contributed by atoms with Crippen molar-refractivity contribution in [2.75, 3.05) is 11.9 Å². The van der Waals surface area contributed by atoms with E-state index in [4.69, 9.17) is 4.74 Å². The van der Waals surface area contributed by atoms with Gasteiger partial charge in [-0.05, 0) is 6.07 Å². The maximum absolute atomic E-state index is 5.63. The van der Waals surface area contributed by atoms with Gasteiger partial charge in [0.1, 0.15) is 18.2 Å². The zero-order chi connectivity index (χ0) is 12.5. The van der Waals surface area contributed by atoms with Gasteiger partial charge in [-0.1, -0.05) is 32.0 Å². The molecule has 3 rings (SSSR count). The van der Waals surface area contributed by atoms with Crippen LogP contribution in [0.1, 0.15) is 37.2 Å². The molecule has 0 radical (unpaired) electrons. The normalized spacial score (nSPS) is 17.6. The van der Waals surface area contributed by atoms with Crippen LogP contribution in [0.15, 0.2) is 24.3 Å². The molecule has 94 valence electrons. The molecule has 1 aliphatic rings. The van der Waals surface area contributed by atoms with E-state index in [1.807, 2.05) is 18.2 Å². The molecule has 2 heterocycles. The summed E-state index contributed by atoms with van der Waals surface area (Å²) < 4.78 is 9.97. The minimum Gasteiger partial charge on any atom is -0.491 e.